The van der Waals surface area contributed by atoms with Crippen molar-refractivity contribution >= 4 is 22.6 Å². The van der Waals surface area contributed by atoms with Crippen LogP contribution in [0.3, 0.4) is 0 Å². The van der Waals surface area contributed by atoms with Crippen molar-refractivity contribution in [1.29, 1.82) is 0 Å². The van der Waals surface area contributed by atoms with Crippen molar-refractivity contribution in [3.05, 3.63) is 190 Å². The lowest BCUT2D eigenvalue weighted by Crippen LogP contribution is -2.66. The summed E-state index contributed by atoms with van der Waals surface area (Å²) in [7, 11) is 2.13. The minimum absolute atomic E-state index is 0.163. The molecule has 3 aliphatic carbocycles. The fourth-order valence-corrected chi connectivity index (χ4v) is 9.41. The average Bonchev–Trinajstić information content (AvgIpc) is 3.67. The van der Waals surface area contributed by atoms with Gasteiger partial charge in [0.2, 0.25) is 0 Å². The largest absolute Gasteiger partial charge is 0.456 e. The Kier molecular flexibility index (Phi) is 9.92. The molecule has 0 saturated carbocycles. The first-order chi connectivity index (χ1) is 28.1. The van der Waals surface area contributed by atoms with Crippen molar-refractivity contribution in [1.82, 2.24) is 31.5 Å². The first-order valence-corrected chi connectivity index (χ1v) is 20.4. The lowest BCUT2D eigenvalue weighted by molar-refractivity contribution is 0.0186. The van der Waals surface area contributed by atoms with Crippen molar-refractivity contribution < 1.29 is 8.81 Å². The van der Waals surface area contributed by atoms with Gasteiger partial charge in [-0.05, 0) is 89.9 Å². The van der Waals surface area contributed by atoms with E-state index in [0.29, 0.717) is 5.57 Å². The number of hydrogen-bond acceptors (Lipinski definition) is 7. The summed E-state index contributed by atoms with van der Waals surface area (Å²) in [5, 5.41) is 20.3. The second-order valence-corrected chi connectivity index (χ2v) is 15.8. The van der Waals surface area contributed by atoms with Gasteiger partial charge >= 0.3 is 0 Å². The molecule has 57 heavy (non-hydrogen) atoms. The quantitative estimate of drug-likeness (QED) is 0.114. The predicted octanol–water partition coefficient (Wildman–Crippen LogP) is 8.93. The normalized spacial score (nSPS) is 29.1. The highest BCUT2D eigenvalue weighted by Crippen LogP contribution is 2.42. The first-order valence-electron chi connectivity index (χ1n) is 20.4. The number of nitrogens with zero attached hydrogens (tertiary/aromatic N) is 1. The van der Waals surface area contributed by atoms with Crippen molar-refractivity contribution in [2.45, 2.75) is 68.8 Å². The van der Waals surface area contributed by atoms with Crippen LogP contribution in [0.5, 0.6) is 0 Å². The lowest BCUT2D eigenvalue weighted by atomic mass is 9.80. The number of fused-ring (bicyclic) bond motifs is 3. The van der Waals surface area contributed by atoms with Gasteiger partial charge in [0.25, 0.3) is 0 Å². The van der Waals surface area contributed by atoms with Crippen LogP contribution in [-0.2, 0) is 6.42 Å². The van der Waals surface area contributed by atoms with Crippen molar-refractivity contribution in [2.75, 3.05) is 7.05 Å². The van der Waals surface area contributed by atoms with Crippen LogP contribution >= 0.6 is 0 Å². The average molecular weight is 757 g/mol. The van der Waals surface area contributed by atoms with Gasteiger partial charge in [0.05, 0.1) is 37.0 Å². The monoisotopic (exact) mass is 756 g/mol. The third kappa shape index (κ3) is 6.97. The number of aryl methyl sites for hydroxylation is 1. The van der Waals surface area contributed by atoms with Gasteiger partial charge in [-0.15, -0.1) is 0 Å². The second kappa shape index (κ2) is 15.6. The van der Waals surface area contributed by atoms with E-state index in [9.17, 15) is 0 Å². The molecule has 8 heteroatoms. The molecule has 2 aliphatic heterocycles. The van der Waals surface area contributed by atoms with E-state index in [1.54, 1.807) is 0 Å². The zero-order chi connectivity index (χ0) is 38.3. The van der Waals surface area contributed by atoms with E-state index in [0.717, 1.165) is 70.2 Å². The van der Waals surface area contributed by atoms with Gasteiger partial charge in [0, 0.05) is 16.9 Å². The summed E-state index contributed by atoms with van der Waals surface area (Å²) in [6, 6.07) is 37.7. The number of furan rings is 1. The molecule has 7 atom stereocenters. The van der Waals surface area contributed by atoms with Gasteiger partial charge in [-0.1, -0.05) is 134 Å². The molecule has 7 nitrogen and oxygen atoms in total. The fourth-order valence-electron chi connectivity index (χ4n) is 9.41. The standard InChI is InChI=1S/C49H49FN6O/c1-56-48(33-21-10-4-11-22-33)54-47(55-49(56)34-23-12-5-13-24-34)39-30-35(36-26-16-28-41-42(36)37-25-14-15-27-40(37)57-41)29-38(43(39)50)46-52-44(31-17-6-2-7-18-31)51-45(53-46)32-19-8-3-9-20-32/h2,4-8,10-13,15-24,26-30,39,43-49,51-55H,3,9,14,25H2,1H3. The molecule has 10 rings (SSSR count). The van der Waals surface area contributed by atoms with E-state index in [4.69, 9.17) is 4.42 Å². The molecule has 7 unspecified atom stereocenters. The Hall–Kier alpha value is -5.19. The van der Waals surface area contributed by atoms with E-state index in [-0.39, 0.29) is 24.7 Å². The lowest BCUT2D eigenvalue weighted by Gasteiger charge is -2.49. The Morgan fingerprint density at radius 1 is 0.649 bits per heavy atom. The van der Waals surface area contributed by atoms with Crippen LogP contribution in [0.25, 0.3) is 22.6 Å². The van der Waals surface area contributed by atoms with Crippen LogP contribution in [0.15, 0.2) is 161 Å². The third-order valence-electron chi connectivity index (χ3n) is 12.3. The van der Waals surface area contributed by atoms with Crippen molar-refractivity contribution in [2.24, 2.45) is 5.92 Å². The van der Waals surface area contributed by atoms with Crippen LogP contribution in [0.2, 0.25) is 0 Å². The maximum absolute atomic E-state index is 18.2. The molecule has 0 radical (unpaired) electrons. The van der Waals surface area contributed by atoms with Crippen LogP contribution in [0, 0.1) is 5.92 Å². The van der Waals surface area contributed by atoms with Gasteiger partial charge < -0.3 is 4.42 Å². The van der Waals surface area contributed by atoms with E-state index in [2.05, 4.69) is 172 Å². The minimum Gasteiger partial charge on any atom is -0.456 e. The van der Waals surface area contributed by atoms with Gasteiger partial charge in [-0.3, -0.25) is 31.5 Å². The predicted molar refractivity (Wildman–Crippen MR) is 227 cm³/mol. The molecule has 2 saturated heterocycles. The number of alkyl halides is 1. The van der Waals surface area contributed by atoms with Crippen LogP contribution in [-0.4, -0.2) is 36.6 Å². The summed E-state index contributed by atoms with van der Waals surface area (Å²) < 4.78 is 24.6. The first kappa shape index (κ1) is 36.2. The highest BCUT2D eigenvalue weighted by Gasteiger charge is 2.44. The molecule has 3 heterocycles. The Labute approximate surface area is 334 Å². The zero-order valence-electron chi connectivity index (χ0n) is 32.1. The van der Waals surface area contributed by atoms with Crippen molar-refractivity contribution in [3.63, 3.8) is 0 Å². The Balaban J connectivity index is 1.10. The molecule has 5 N–H and O–H groups in total. The van der Waals surface area contributed by atoms with Gasteiger partial charge in [-0.2, -0.15) is 0 Å². The fraction of sp³-hybridized carbons (Fsp3) is 0.265. The Bertz CT molecular complexity index is 2330. The number of allylic oxidation sites excluding steroid dienone is 5. The smallest absolute Gasteiger partial charge is 0.135 e. The van der Waals surface area contributed by atoms with Gasteiger partial charge in [0.1, 0.15) is 17.5 Å². The molecule has 0 amide bonds. The minimum atomic E-state index is -1.33. The van der Waals surface area contributed by atoms with Crippen LogP contribution in [0.4, 0.5) is 4.39 Å². The molecular weight excluding hydrogens is 708 g/mol. The molecule has 1 aromatic heterocycles. The Morgan fingerprint density at radius 2 is 1.30 bits per heavy atom. The van der Waals surface area contributed by atoms with Crippen LogP contribution < -0.4 is 26.6 Å². The number of halogens is 1. The highest BCUT2D eigenvalue weighted by molar-refractivity contribution is 5.98. The summed E-state index contributed by atoms with van der Waals surface area (Å²) >= 11 is 0. The molecule has 0 spiro atoms. The van der Waals surface area contributed by atoms with E-state index in [1.807, 2.05) is 18.2 Å². The van der Waals surface area contributed by atoms with Gasteiger partial charge in [-0.25, -0.2) is 4.39 Å². The summed E-state index contributed by atoms with van der Waals surface area (Å²) in [5.41, 5.74) is 9.36. The Morgan fingerprint density at radius 3 is 1.98 bits per heavy atom. The number of rotatable bonds is 7. The number of benzene rings is 4. The number of nitrogens with one attached hydrogen (secondary N) is 5. The van der Waals surface area contributed by atoms with E-state index in [1.165, 1.54) is 11.1 Å². The molecule has 5 aliphatic rings. The molecule has 4 aromatic carbocycles. The summed E-state index contributed by atoms with van der Waals surface area (Å²) in [6.45, 7) is 0. The summed E-state index contributed by atoms with van der Waals surface area (Å²) in [6.07, 6.45) is 16.2. The highest BCUT2D eigenvalue weighted by atomic mass is 19.1. The van der Waals surface area contributed by atoms with Crippen LogP contribution in [0.1, 0.15) is 71.3 Å². The van der Waals surface area contributed by atoms with E-state index >= 15 is 4.39 Å². The molecule has 0 bridgehead atoms. The SMILES string of the molecule is CN1C(c2ccccc2)NC(C2C=C(c3cccc4oc5c(c34)CCC=C5)C=C(C3NC(C4=CCCC=C4)NC(c4ccccc4)N3)C2F)NC1c1ccccc1. The maximum Gasteiger partial charge on any atom is 0.135 e. The molecular formula is C49H49FN6O. The molecule has 5 aromatic rings. The van der Waals surface area contributed by atoms with Gasteiger partial charge in [0.15, 0.2) is 0 Å². The summed E-state index contributed by atoms with van der Waals surface area (Å²) in [4.78, 5) is 2.31. The second-order valence-electron chi connectivity index (χ2n) is 15.8. The number of hydrogen-bond donors (Lipinski definition) is 5. The third-order valence-corrected chi connectivity index (χ3v) is 12.3. The summed E-state index contributed by atoms with van der Waals surface area (Å²) in [5.74, 6) is 0.355. The zero-order valence-corrected chi connectivity index (χ0v) is 32.1. The van der Waals surface area contributed by atoms with E-state index < -0.39 is 24.4 Å². The van der Waals surface area contributed by atoms with Crippen molar-refractivity contribution in [3.8, 4) is 0 Å². The topological polar surface area (TPSA) is 76.5 Å². The molecule has 288 valence electrons. The maximum atomic E-state index is 18.2. The molecule has 2 fully saturated rings.